The third-order valence-electron chi connectivity index (χ3n) is 5.99. The van der Waals surface area contributed by atoms with Gasteiger partial charge in [-0.15, -0.1) is 0 Å². The molecule has 2 N–H and O–H groups in total. The first kappa shape index (κ1) is 21.7. The molecule has 2 aliphatic heterocycles. The fourth-order valence-electron chi connectivity index (χ4n) is 4.36. The van der Waals surface area contributed by atoms with E-state index in [-0.39, 0.29) is 28.7 Å². The van der Waals surface area contributed by atoms with Crippen molar-refractivity contribution < 1.29 is 17.5 Å². The van der Waals surface area contributed by atoms with Crippen LogP contribution in [0.2, 0.25) is 0 Å². The van der Waals surface area contributed by atoms with Crippen LogP contribution in [-0.2, 0) is 21.3 Å². The molecule has 2 aliphatic rings. The van der Waals surface area contributed by atoms with E-state index in [2.05, 4.69) is 0 Å². The Morgan fingerprint density at radius 2 is 1.82 bits per heavy atom. The number of benzene rings is 3. The van der Waals surface area contributed by atoms with Crippen molar-refractivity contribution in [2.75, 3.05) is 4.31 Å². The lowest BCUT2D eigenvalue weighted by Crippen LogP contribution is -2.39. The van der Waals surface area contributed by atoms with E-state index in [1.165, 1.54) is 22.5 Å². The Hall–Kier alpha value is -4.09. The third kappa shape index (κ3) is 3.42. The molecule has 5 rings (SSSR count). The molecule has 0 unspecified atom stereocenters. The minimum Gasteiger partial charge on any atom is -0.439 e. The molecule has 0 aromatic heterocycles. The molecule has 0 amide bonds. The number of ether oxygens (including phenoxy) is 1. The summed E-state index contributed by atoms with van der Waals surface area (Å²) in [6.45, 7) is 2.03. The number of rotatable bonds is 3. The van der Waals surface area contributed by atoms with Crippen LogP contribution in [0.15, 0.2) is 89.2 Å². The zero-order valence-corrected chi connectivity index (χ0v) is 19.0. The van der Waals surface area contributed by atoms with Crippen LogP contribution in [0.3, 0.4) is 0 Å². The highest BCUT2D eigenvalue weighted by atomic mass is 32.2. The smallest absolute Gasteiger partial charge is 0.265 e. The van der Waals surface area contributed by atoms with E-state index in [4.69, 9.17) is 10.5 Å². The Morgan fingerprint density at radius 3 is 2.53 bits per heavy atom. The van der Waals surface area contributed by atoms with Crippen molar-refractivity contribution >= 4 is 21.5 Å². The fraction of sp³-hybridized carbons (Fsp3) is 0.115. The molecule has 3 aromatic rings. The molecule has 0 radical (unpaired) electrons. The second-order valence-electron chi connectivity index (χ2n) is 8.19. The van der Waals surface area contributed by atoms with Gasteiger partial charge in [-0.25, -0.2) is 12.8 Å². The quantitative estimate of drug-likeness (QED) is 0.597. The number of allylic oxidation sites excluding steroid dienone is 2. The molecule has 1 atom stereocenters. The first-order valence-electron chi connectivity index (χ1n) is 10.6. The summed E-state index contributed by atoms with van der Waals surface area (Å²) in [6.07, 6.45) is 0. The van der Waals surface area contributed by atoms with Crippen molar-refractivity contribution in [3.8, 4) is 6.07 Å². The number of hydrogen-bond donors (Lipinski definition) is 1. The van der Waals surface area contributed by atoms with Gasteiger partial charge in [-0.1, -0.05) is 54.1 Å². The van der Waals surface area contributed by atoms with Crippen LogP contribution in [0.5, 0.6) is 0 Å². The molecule has 0 bridgehead atoms. The predicted molar refractivity (Wildman–Crippen MR) is 127 cm³/mol. The normalized spacial score (nSPS) is 18.6. The third-order valence-corrected chi connectivity index (χ3v) is 7.87. The van der Waals surface area contributed by atoms with Gasteiger partial charge in [0.05, 0.1) is 18.2 Å². The van der Waals surface area contributed by atoms with E-state index in [1.54, 1.807) is 30.3 Å². The van der Waals surface area contributed by atoms with E-state index in [0.29, 0.717) is 16.8 Å². The van der Waals surface area contributed by atoms with Crippen LogP contribution >= 0.6 is 0 Å². The van der Waals surface area contributed by atoms with Crippen molar-refractivity contribution in [2.45, 2.75) is 19.4 Å². The number of nitriles is 1. The van der Waals surface area contributed by atoms with Crippen LogP contribution in [0, 0.1) is 24.1 Å². The van der Waals surface area contributed by atoms with Gasteiger partial charge < -0.3 is 10.5 Å². The second kappa shape index (κ2) is 8.04. The summed E-state index contributed by atoms with van der Waals surface area (Å²) < 4.78 is 49.5. The maximum absolute atomic E-state index is 14.2. The van der Waals surface area contributed by atoms with Crippen LogP contribution in [0.25, 0.3) is 5.76 Å². The lowest BCUT2D eigenvalue weighted by atomic mass is 9.88. The van der Waals surface area contributed by atoms with Gasteiger partial charge in [0.15, 0.2) is 5.76 Å². The molecule has 170 valence electrons. The number of fused-ring (bicyclic) bond motifs is 2. The Labute approximate surface area is 197 Å². The Bertz CT molecular complexity index is 1520. The molecule has 0 saturated heterocycles. The van der Waals surface area contributed by atoms with Gasteiger partial charge in [0.2, 0.25) is 5.88 Å². The van der Waals surface area contributed by atoms with Crippen LogP contribution < -0.4 is 10.0 Å². The standard InChI is InChI=1S/C26H20FN3O3S/c1-16-9-11-17(12-10-16)15-30-22-8-3-2-7-20(22)24-25(34(30,31)32)23(21(14-28)26(29)33-24)18-5-4-6-19(27)13-18/h2-13,23H,15,29H2,1H3/t23-/m0/s1. The van der Waals surface area contributed by atoms with Crippen molar-refractivity contribution in [3.63, 3.8) is 0 Å². The number of aryl methyl sites for hydroxylation is 1. The molecule has 3 aromatic carbocycles. The number of nitrogens with two attached hydrogens (primary N) is 1. The molecule has 0 aliphatic carbocycles. The molecule has 0 fully saturated rings. The summed E-state index contributed by atoms with van der Waals surface area (Å²) in [5.41, 5.74) is 9.12. The second-order valence-corrected chi connectivity index (χ2v) is 10.0. The van der Waals surface area contributed by atoms with Gasteiger partial charge in [0.1, 0.15) is 22.4 Å². The number of para-hydroxylation sites is 1. The minimum atomic E-state index is -4.20. The number of nitrogens with zero attached hydrogens (tertiary/aromatic N) is 2. The average molecular weight is 474 g/mol. The maximum Gasteiger partial charge on any atom is 0.265 e. The Balaban J connectivity index is 1.76. The fourth-order valence-corrected chi connectivity index (χ4v) is 6.27. The number of sulfonamides is 1. The molecule has 8 heteroatoms. The lowest BCUT2D eigenvalue weighted by Gasteiger charge is -2.38. The molecular weight excluding hydrogens is 453 g/mol. The summed E-state index contributed by atoms with van der Waals surface area (Å²) >= 11 is 0. The molecule has 0 spiro atoms. The van der Waals surface area contributed by atoms with Crippen LogP contribution in [0.4, 0.5) is 10.1 Å². The van der Waals surface area contributed by atoms with E-state index < -0.39 is 21.8 Å². The summed E-state index contributed by atoms with van der Waals surface area (Å²) in [6, 6.07) is 22.0. The SMILES string of the molecule is Cc1ccc(CN2c3ccccc3C3=C([C@@H](c4cccc(F)c4)C(C#N)=C(N)O3)S2(=O)=O)cc1. The van der Waals surface area contributed by atoms with Gasteiger partial charge in [-0.3, -0.25) is 4.31 Å². The Kier molecular flexibility index (Phi) is 5.14. The van der Waals surface area contributed by atoms with Gasteiger partial charge in [-0.2, -0.15) is 5.26 Å². The minimum absolute atomic E-state index is 0.0570. The molecule has 34 heavy (non-hydrogen) atoms. The first-order chi connectivity index (χ1) is 16.3. The maximum atomic E-state index is 14.2. The molecule has 6 nitrogen and oxygen atoms in total. The van der Waals surface area contributed by atoms with Gasteiger partial charge in [0.25, 0.3) is 10.0 Å². The number of anilines is 1. The van der Waals surface area contributed by atoms with Crippen LogP contribution in [-0.4, -0.2) is 8.42 Å². The lowest BCUT2D eigenvalue weighted by molar-refractivity contribution is 0.357. The summed E-state index contributed by atoms with van der Waals surface area (Å²) in [4.78, 5) is -0.130. The van der Waals surface area contributed by atoms with Crippen molar-refractivity contribution in [2.24, 2.45) is 5.73 Å². The number of hydrogen-bond acceptors (Lipinski definition) is 5. The Morgan fingerprint density at radius 1 is 1.09 bits per heavy atom. The van der Waals surface area contributed by atoms with Gasteiger partial charge in [0, 0.05) is 5.56 Å². The van der Waals surface area contributed by atoms with Gasteiger partial charge >= 0.3 is 0 Å². The summed E-state index contributed by atoms with van der Waals surface area (Å²) in [5.74, 6) is -1.80. The monoisotopic (exact) mass is 473 g/mol. The van der Waals surface area contributed by atoms with E-state index in [0.717, 1.165) is 11.1 Å². The zero-order chi connectivity index (χ0) is 24.0. The largest absolute Gasteiger partial charge is 0.439 e. The summed E-state index contributed by atoms with van der Waals surface area (Å²) in [7, 11) is -4.20. The summed E-state index contributed by atoms with van der Waals surface area (Å²) in [5, 5.41) is 9.85. The zero-order valence-electron chi connectivity index (χ0n) is 18.2. The molecule has 2 heterocycles. The highest BCUT2D eigenvalue weighted by molar-refractivity contribution is 7.96. The average Bonchev–Trinajstić information content (AvgIpc) is 2.82. The van der Waals surface area contributed by atoms with E-state index in [9.17, 15) is 18.1 Å². The topological polar surface area (TPSA) is 96.4 Å². The van der Waals surface area contributed by atoms with E-state index in [1.807, 2.05) is 37.3 Å². The number of halogens is 1. The van der Waals surface area contributed by atoms with Crippen molar-refractivity contribution in [3.05, 3.63) is 117 Å². The van der Waals surface area contributed by atoms with Crippen LogP contribution in [0.1, 0.15) is 28.2 Å². The molecule has 0 saturated carbocycles. The highest BCUT2D eigenvalue weighted by Crippen LogP contribution is 2.51. The predicted octanol–water partition coefficient (Wildman–Crippen LogP) is 4.66. The van der Waals surface area contributed by atoms with Gasteiger partial charge in [-0.05, 0) is 42.3 Å². The van der Waals surface area contributed by atoms with Crippen molar-refractivity contribution in [1.29, 1.82) is 5.26 Å². The van der Waals surface area contributed by atoms with E-state index >= 15 is 0 Å². The highest BCUT2D eigenvalue weighted by Gasteiger charge is 2.47. The first-order valence-corrected chi connectivity index (χ1v) is 12.0. The molecular formula is C26H20FN3O3S. The van der Waals surface area contributed by atoms with Crippen molar-refractivity contribution in [1.82, 2.24) is 0 Å².